The normalized spacial score (nSPS) is 15.5. The predicted octanol–water partition coefficient (Wildman–Crippen LogP) is 2.97. The van der Waals surface area contributed by atoms with Gasteiger partial charge in [-0.1, -0.05) is 12.1 Å². The van der Waals surface area contributed by atoms with Crippen LogP contribution >= 0.6 is 0 Å². The van der Waals surface area contributed by atoms with Gasteiger partial charge >= 0.3 is 6.01 Å². The molecule has 2 N–H and O–H groups in total. The van der Waals surface area contributed by atoms with E-state index in [0.717, 1.165) is 38.2 Å². The highest BCUT2D eigenvalue weighted by molar-refractivity contribution is 5.40. The number of aromatic nitrogens is 2. The van der Waals surface area contributed by atoms with Gasteiger partial charge in [-0.3, -0.25) is 4.90 Å². The zero-order valence-corrected chi connectivity index (χ0v) is 16.2. The molecule has 27 heavy (non-hydrogen) atoms. The Hall–Kier alpha value is -2.54. The van der Waals surface area contributed by atoms with Gasteiger partial charge in [0.2, 0.25) is 5.88 Å². The Morgan fingerprint density at radius 1 is 1.22 bits per heavy atom. The van der Waals surface area contributed by atoms with E-state index in [9.17, 15) is 5.11 Å². The van der Waals surface area contributed by atoms with Crippen LogP contribution in [0.25, 0.3) is 0 Å². The Kier molecular flexibility index (Phi) is 6.34. The van der Waals surface area contributed by atoms with Gasteiger partial charge in [0.15, 0.2) is 0 Å². The quantitative estimate of drug-likeness (QED) is 0.773. The molecule has 1 aromatic heterocycles. The summed E-state index contributed by atoms with van der Waals surface area (Å²) in [7, 11) is 1.52. The molecule has 2 heterocycles. The minimum Gasteiger partial charge on any atom is -0.494 e. The number of nitrogens with one attached hydrogen (secondary N) is 1. The van der Waals surface area contributed by atoms with Crippen molar-refractivity contribution < 1.29 is 14.6 Å². The zero-order valence-electron chi connectivity index (χ0n) is 16.2. The number of aryl methyl sites for hydroxylation is 1. The molecular formula is C20H28N4O3. The van der Waals surface area contributed by atoms with Crippen LogP contribution < -0.4 is 14.8 Å². The van der Waals surface area contributed by atoms with E-state index in [-0.39, 0.29) is 6.01 Å². The highest BCUT2D eigenvalue weighted by Crippen LogP contribution is 2.23. The maximum Gasteiger partial charge on any atom is 0.319 e. The maximum atomic E-state index is 9.58. The molecule has 0 saturated carbocycles. The van der Waals surface area contributed by atoms with Crippen molar-refractivity contribution in [2.75, 3.05) is 32.1 Å². The Labute approximate surface area is 160 Å². The molecule has 1 fully saturated rings. The van der Waals surface area contributed by atoms with Gasteiger partial charge in [-0.25, -0.2) is 0 Å². The molecule has 0 amide bonds. The highest BCUT2D eigenvalue weighted by Gasteiger charge is 2.20. The van der Waals surface area contributed by atoms with Crippen molar-refractivity contribution in [3.05, 3.63) is 35.4 Å². The first-order chi connectivity index (χ1) is 13.1. The molecule has 0 unspecified atom stereocenters. The third-order valence-corrected chi connectivity index (χ3v) is 4.80. The molecule has 0 atom stereocenters. The second-order valence-corrected chi connectivity index (χ2v) is 6.82. The van der Waals surface area contributed by atoms with E-state index in [1.165, 1.54) is 18.2 Å². The molecule has 0 bridgehead atoms. The number of anilines is 1. The van der Waals surface area contributed by atoms with Crippen molar-refractivity contribution in [3.63, 3.8) is 0 Å². The average Bonchev–Trinajstić information content (AvgIpc) is 2.66. The van der Waals surface area contributed by atoms with Crippen LogP contribution in [0.5, 0.6) is 17.6 Å². The molecule has 2 aromatic rings. The van der Waals surface area contributed by atoms with E-state index in [0.29, 0.717) is 24.3 Å². The molecule has 7 heteroatoms. The van der Waals surface area contributed by atoms with Gasteiger partial charge in [-0.2, -0.15) is 9.97 Å². The Bertz CT molecular complexity index is 761. The Morgan fingerprint density at radius 2 is 2.00 bits per heavy atom. The highest BCUT2D eigenvalue weighted by atomic mass is 16.5. The standard InChI is InChI=1S/C20H28N4O3/c1-4-27-17-11-15(6-5-14(17)2)13-24-9-7-16(8-10-24)21-18-12-19(26-3)23-20(25)22-18/h5-6,11-12,16H,4,7-10,13H2,1-3H3,(H2,21,22,23,25). The largest absolute Gasteiger partial charge is 0.494 e. The number of benzene rings is 1. The van der Waals surface area contributed by atoms with Crippen LogP contribution in [-0.4, -0.2) is 52.8 Å². The number of rotatable bonds is 7. The lowest BCUT2D eigenvalue weighted by Gasteiger charge is -2.32. The van der Waals surface area contributed by atoms with Gasteiger partial charge in [-0.15, -0.1) is 0 Å². The lowest BCUT2D eigenvalue weighted by atomic mass is 10.0. The summed E-state index contributed by atoms with van der Waals surface area (Å²) < 4.78 is 10.8. The fourth-order valence-corrected chi connectivity index (χ4v) is 3.35. The van der Waals surface area contributed by atoms with E-state index in [1.807, 2.05) is 6.92 Å². The number of likely N-dealkylation sites (tertiary alicyclic amines) is 1. The summed E-state index contributed by atoms with van der Waals surface area (Å²) in [5.74, 6) is 1.92. The van der Waals surface area contributed by atoms with Gasteiger partial charge in [0, 0.05) is 31.7 Å². The third-order valence-electron chi connectivity index (χ3n) is 4.80. The molecule has 1 aliphatic rings. The Morgan fingerprint density at radius 3 is 2.70 bits per heavy atom. The molecule has 3 rings (SSSR count). The number of aromatic hydroxyl groups is 1. The summed E-state index contributed by atoms with van der Waals surface area (Å²) in [5, 5.41) is 13.0. The van der Waals surface area contributed by atoms with Crippen molar-refractivity contribution in [2.45, 2.75) is 39.3 Å². The molecule has 146 valence electrons. The number of ether oxygens (including phenoxy) is 2. The number of methoxy groups -OCH3 is 1. The summed E-state index contributed by atoms with van der Waals surface area (Å²) in [6.45, 7) is 7.70. The van der Waals surface area contributed by atoms with Crippen LogP contribution in [0.1, 0.15) is 30.9 Å². The van der Waals surface area contributed by atoms with Crippen molar-refractivity contribution in [1.82, 2.24) is 14.9 Å². The van der Waals surface area contributed by atoms with Crippen molar-refractivity contribution in [2.24, 2.45) is 0 Å². The van der Waals surface area contributed by atoms with Crippen LogP contribution in [0.2, 0.25) is 0 Å². The second-order valence-electron chi connectivity index (χ2n) is 6.82. The van der Waals surface area contributed by atoms with E-state index >= 15 is 0 Å². The van der Waals surface area contributed by atoms with Gasteiger partial charge in [0.05, 0.1) is 13.7 Å². The van der Waals surface area contributed by atoms with Crippen LogP contribution in [0.4, 0.5) is 5.82 Å². The Balaban J connectivity index is 1.53. The molecular weight excluding hydrogens is 344 g/mol. The van der Waals surface area contributed by atoms with E-state index in [2.05, 4.69) is 45.3 Å². The number of piperidine rings is 1. The fraction of sp³-hybridized carbons (Fsp3) is 0.500. The van der Waals surface area contributed by atoms with Gasteiger partial charge in [0.25, 0.3) is 0 Å². The van der Waals surface area contributed by atoms with E-state index in [1.54, 1.807) is 6.07 Å². The average molecular weight is 372 g/mol. The zero-order chi connectivity index (χ0) is 19.2. The number of hydrogen-bond donors (Lipinski definition) is 2. The van der Waals surface area contributed by atoms with E-state index in [4.69, 9.17) is 9.47 Å². The number of nitrogens with zero attached hydrogens (tertiary/aromatic N) is 3. The van der Waals surface area contributed by atoms with Crippen LogP contribution in [-0.2, 0) is 6.54 Å². The first-order valence-electron chi connectivity index (χ1n) is 9.40. The molecule has 7 nitrogen and oxygen atoms in total. The second kappa shape index (κ2) is 8.90. The molecule has 0 aliphatic carbocycles. The maximum absolute atomic E-state index is 9.58. The van der Waals surface area contributed by atoms with Gasteiger partial charge in [-0.05, 0) is 43.9 Å². The number of hydrogen-bond acceptors (Lipinski definition) is 7. The fourth-order valence-electron chi connectivity index (χ4n) is 3.35. The van der Waals surface area contributed by atoms with Crippen LogP contribution in [0.15, 0.2) is 24.3 Å². The lowest BCUT2D eigenvalue weighted by molar-refractivity contribution is 0.210. The molecule has 0 radical (unpaired) electrons. The minimum absolute atomic E-state index is 0.279. The van der Waals surface area contributed by atoms with Crippen LogP contribution in [0.3, 0.4) is 0 Å². The summed E-state index contributed by atoms with van der Waals surface area (Å²) in [6.07, 6.45) is 2.02. The first-order valence-corrected chi connectivity index (χ1v) is 9.40. The summed E-state index contributed by atoms with van der Waals surface area (Å²) >= 11 is 0. The molecule has 1 aromatic carbocycles. The molecule has 1 aliphatic heterocycles. The lowest BCUT2D eigenvalue weighted by Crippen LogP contribution is -2.38. The van der Waals surface area contributed by atoms with Crippen molar-refractivity contribution >= 4 is 5.82 Å². The van der Waals surface area contributed by atoms with Gasteiger partial charge < -0.3 is 19.9 Å². The summed E-state index contributed by atoms with van der Waals surface area (Å²) in [5.41, 5.74) is 2.45. The summed E-state index contributed by atoms with van der Waals surface area (Å²) in [6, 6.07) is 8.20. The smallest absolute Gasteiger partial charge is 0.319 e. The van der Waals surface area contributed by atoms with Crippen molar-refractivity contribution in [3.8, 4) is 17.6 Å². The minimum atomic E-state index is -0.279. The first kappa shape index (κ1) is 19.2. The van der Waals surface area contributed by atoms with Gasteiger partial charge in [0.1, 0.15) is 11.6 Å². The third kappa shape index (κ3) is 5.23. The molecule has 1 saturated heterocycles. The topological polar surface area (TPSA) is 79.7 Å². The SMILES string of the molecule is CCOc1cc(CN2CCC(Nc3cc(OC)nc(O)n3)CC2)ccc1C. The predicted molar refractivity (Wildman–Crippen MR) is 105 cm³/mol. The monoisotopic (exact) mass is 372 g/mol. The van der Waals surface area contributed by atoms with Crippen LogP contribution in [0, 0.1) is 6.92 Å². The molecule has 0 spiro atoms. The van der Waals surface area contributed by atoms with E-state index < -0.39 is 0 Å². The van der Waals surface area contributed by atoms with Crippen molar-refractivity contribution in [1.29, 1.82) is 0 Å². The summed E-state index contributed by atoms with van der Waals surface area (Å²) in [4.78, 5) is 10.3.